The Morgan fingerprint density at radius 3 is 3.05 bits per heavy atom. The molecule has 0 spiro atoms. The fourth-order valence-electron chi connectivity index (χ4n) is 2.01. The maximum Gasteiger partial charge on any atom is 0.266 e. The van der Waals surface area contributed by atoms with Gasteiger partial charge in [0.15, 0.2) is 18.2 Å². The van der Waals surface area contributed by atoms with Crippen LogP contribution in [-0.4, -0.2) is 17.5 Å². The molecular formula is C14H11FN2O2. The first-order valence-corrected chi connectivity index (χ1v) is 5.86. The fourth-order valence-corrected chi connectivity index (χ4v) is 2.01. The second-order valence-electron chi connectivity index (χ2n) is 4.22. The molecule has 1 aliphatic heterocycles. The molecule has 0 atom stereocenters. The molecule has 0 saturated carbocycles. The van der Waals surface area contributed by atoms with E-state index in [0.717, 1.165) is 0 Å². The highest BCUT2D eigenvalue weighted by Gasteiger charge is 2.26. The second-order valence-corrected chi connectivity index (χ2v) is 4.22. The first-order valence-electron chi connectivity index (χ1n) is 5.86. The third kappa shape index (κ3) is 2.27. The fraction of sp³-hybridized carbons (Fsp3) is 0.143. The van der Waals surface area contributed by atoms with Gasteiger partial charge in [-0.25, -0.2) is 9.37 Å². The van der Waals surface area contributed by atoms with E-state index in [9.17, 15) is 9.18 Å². The van der Waals surface area contributed by atoms with Gasteiger partial charge in [-0.3, -0.25) is 9.69 Å². The van der Waals surface area contributed by atoms with Crippen molar-refractivity contribution in [3.63, 3.8) is 0 Å². The smallest absolute Gasteiger partial charge is 0.266 e. The zero-order valence-corrected chi connectivity index (χ0v) is 10.0. The van der Waals surface area contributed by atoms with Crippen molar-refractivity contribution in [2.24, 2.45) is 0 Å². The van der Waals surface area contributed by atoms with Crippen LogP contribution in [0.2, 0.25) is 0 Å². The van der Waals surface area contributed by atoms with E-state index in [1.54, 1.807) is 30.5 Å². The summed E-state index contributed by atoms with van der Waals surface area (Å²) in [6, 6.07) is 9.67. The lowest BCUT2D eigenvalue weighted by atomic mass is 10.2. The first-order chi connectivity index (χ1) is 9.24. The van der Waals surface area contributed by atoms with E-state index < -0.39 is 0 Å². The molecule has 0 unspecified atom stereocenters. The van der Waals surface area contributed by atoms with E-state index in [4.69, 9.17) is 4.74 Å². The summed E-state index contributed by atoms with van der Waals surface area (Å²) in [5, 5.41) is 0. The van der Waals surface area contributed by atoms with Gasteiger partial charge >= 0.3 is 0 Å². The van der Waals surface area contributed by atoms with Crippen molar-refractivity contribution in [2.75, 3.05) is 11.5 Å². The van der Waals surface area contributed by atoms with Crippen LogP contribution >= 0.6 is 0 Å². The Morgan fingerprint density at radius 2 is 2.21 bits per heavy atom. The summed E-state index contributed by atoms with van der Waals surface area (Å²) in [5.41, 5.74) is 0.715. The molecular weight excluding hydrogens is 247 g/mol. The van der Waals surface area contributed by atoms with Crippen molar-refractivity contribution in [1.82, 2.24) is 4.98 Å². The Morgan fingerprint density at radius 1 is 1.32 bits per heavy atom. The molecule has 96 valence electrons. The van der Waals surface area contributed by atoms with Gasteiger partial charge < -0.3 is 4.74 Å². The zero-order valence-electron chi connectivity index (χ0n) is 10.0. The standard InChI is InChI=1S/C14H11FN2O2/c15-11-4-1-3-10(7-11)8-17-13(18)9-19-12-5-2-6-16-14(12)17/h1-7H,8-9H2. The molecule has 19 heavy (non-hydrogen) atoms. The molecule has 0 saturated heterocycles. The highest BCUT2D eigenvalue weighted by atomic mass is 19.1. The minimum atomic E-state index is -0.320. The molecule has 0 radical (unpaired) electrons. The van der Waals surface area contributed by atoms with Crippen molar-refractivity contribution in [2.45, 2.75) is 6.54 Å². The van der Waals surface area contributed by atoms with Gasteiger partial charge in [-0.05, 0) is 29.8 Å². The van der Waals surface area contributed by atoms with Gasteiger partial charge in [-0.2, -0.15) is 0 Å². The van der Waals surface area contributed by atoms with Crippen LogP contribution in [0.1, 0.15) is 5.56 Å². The number of rotatable bonds is 2. The third-order valence-electron chi connectivity index (χ3n) is 2.89. The SMILES string of the molecule is O=C1COc2cccnc2N1Cc1cccc(F)c1. The van der Waals surface area contributed by atoms with Gasteiger partial charge in [0.05, 0.1) is 6.54 Å². The van der Waals surface area contributed by atoms with E-state index in [1.807, 2.05) is 0 Å². The molecule has 1 amide bonds. The molecule has 1 aliphatic rings. The molecule has 4 nitrogen and oxygen atoms in total. The normalized spacial score (nSPS) is 13.9. The summed E-state index contributed by atoms with van der Waals surface area (Å²) >= 11 is 0. The molecule has 0 fully saturated rings. The summed E-state index contributed by atoms with van der Waals surface area (Å²) < 4.78 is 18.5. The second kappa shape index (κ2) is 4.68. The molecule has 0 N–H and O–H groups in total. The number of hydrogen-bond acceptors (Lipinski definition) is 3. The lowest BCUT2D eigenvalue weighted by molar-refractivity contribution is -0.121. The molecule has 3 rings (SSSR count). The number of fused-ring (bicyclic) bond motifs is 1. The highest BCUT2D eigenvalue weighted by Crippen LogP contribution is 2.30. The predicted octanol–water partition coefficient (Wildman–Crippen LogP) is 2.15. The average molecular weight is 258 g/mol. The number of hydrogen-bond donors (Lipinski definition) is 0. The van der Waals surface area contributed by atoms with Crippen LogP contribution in [0.15, 0.2) is 42.6 Å². The van der Waals surface area contributed by atoms with Crippen molar-refractivity contribution in [3.05, 3.63) is 54.0 Å². The van der Waals surface area contributed by atoms with Crippen molar-refractivity contribution >= 4 is 11.7 Å². The minimum Gasteiger partial charge on any atom is -0.480 e. The van der Waals surface area contributed by atoms with Crippen LogP contribution in [0.4, 0.5) is 10.2 Å². The molecule has 0 aliphatic carbocycles. The van der Waals surface area contributed by atoms with Gasteiger partial charge in [-0.15, -0.1) is 0 Å². The van der Waals surface area contributed by atoms with Crippen LogP contribution in [0, 0.1) is 5.82 Å². The topological polar surface area (TPSA) is 42.4 Å². The van der Waals surface area contributed by atoms with Crippen LogP contribution < -0.4 is 9.64 Å². The van der Waals surface area contributed by atoms with Gasteiger partial charge in [0, 0.05) is 6.20 Å². The van der Waals surface area contributed by atoms with E-state index in [2.05, 4.69) is 4.98 Å². The summed E-state index contributed by atoms with van der Waals surface area (Å²) in [5.74, 6) is 0.538. The van der Waals surface area contributed by atoms with E-state index >= 15 is 0 Å². The lowest BCUT2D eigenvalue weighted by Crippen LogP contribution is -2.38. The van der Waals surface area contributed by atoms with E-state index in [0.29, 0.717) is 17.1 Å². The summed E-state index contributed by atoms with van der Waals surface area (Å²) in [4.78, 5) is 17.6. The lowest BCUT2D eigenvalue weighted by Gasteiger charge is -2.28. The number of benzene rings is 1. The average Bonchev–Trinajstić information content (AvgIpc) is 2.42. The molecule has 2 aromatic rings. The number of carbonyl (C=O) groups is 1. The monoisotopic (exact) mass is 258 g/mol. The van der Waals surface area contributed by atoms with Gasteiger partial charge in [0.25, 0.3) is 5.91 Å². The number of pyridine rings is 1. The van der Waals surface area contributed by atoms with Gasteiger partial charge in [0.2, 0.25) is 0 Å². The molecule has 1 aromatic heterocycles. The Hall–Kier alpha value is -2.43. The molecule has 2 heterocycles. The number of halogens is 1. The molecule has 1 aromatic carbocycles. The number of anilines is 1. The minimum absolute atomic E-state index is 0.0198. The number of ether oxygens (including phenoxy) is 1. The van der Waals surface area contributed by atoms with E-state index in [-0.39, 0.29) is 24.9 Å². The van der Waals surface area contributed by atoms with Crippen molar-refractivity contribution in [3.8, 4) is 5.75 Å². The maximum absolute atomic E-state index is 13.2. The predicted molar refractivity (Wildman–Crippen MR) is 67.3 cm³/mol. The largest absolute Gasteiger partial charge is 0.480 e. The highest BCUT2D eigenvalue weighted by molar-refractivity contribution is 5.96. The first kappa shape index (κ1) is 11.6. The Bertz CT molecular complexity index is 630. The summed E-state index contributed by atoms with van der Waals surface area (Å²) in [6.45, 7) is 0.262. The van der Waals surface area contributed by atoms with Crippen molar-refractivity contribution in [1.29, 1.82) is 0 Å². The third-order valence-corrected chi connectivity index (χ3v) is 2.89. The maximum atomic E-state index is 13.2. The Kier molecular flexibility index (Phi) is 2.87. The summed E-state index contributed by atoms with van der Waals surface area (Å²) in [7, 11) is 0. The van der Waals surface area contributed by atoms with E-state index in [1.165, 1.54) is 17.0 Å². The number of amides is 1. The molecule has 5 heteroatoms. The Labute approximate surface area is 109 Å². The van der Waals surface area contributed by atoms with Crippen LogP contribution in [-0.2, 0) is 11.3 Å². The van der Waals surface area contributed by atoms with Gasteiger partial charge in [0.1, 0.15) is 5.82 Å². The quantitative estimate of drug-likeness (QED) is 0.828. The van der Waals surface area contributed by atoms with Crippen LogP contribution in [0.5, 0.6) is 5.75 Å². The Balaban J connectivity index is 1.94. The number of carbonyl (C=O) groups excluding carboxylic acids is 1. The molecule has 0 bridgehead atoms. The van der Waals surface area contributed by atoms with Crippen LogP contribution in [0.25, 0.3) is 0 Å². The zero-order chi connectivity index (χ0) is 13.2. The number of nitrogens with zero attached hydrogens (tertiary/aromatic N) is 2. The number of aromatic nitrogens is 1. The van der Waals surface area contributed by atoms with Crippen molar-refractivity contribution < 1.29 is 13.9 Å². The summed E-state index contributed by atoms with van der Waals surface area (Å²) in [6.07, 6.45) is 1.60. The van der Waals surface area contributed by atoms with Gasteiger partial charge in [-0.1, -0.05) is 12.1 Å². The van der Waals surface area contributed by atoms with Crippen LogP contribution in [0.3, 0.4) is 0 Å².